The number of imide groups is 1. The van der Waals surface area contributed by atoms with Crippen molar-refractivity contribution >= 4 is 51.5 Å². The number of fused-ring (bicyclic) bond motifs is 1. The third-order valence-electron chi connectivity index (χ3n) is 5.38. The van der Waals surface area contributed by atoms with E-state index in [1.54, 1.807) is 60.7 Å². The number of benzene rings is 4. The summed E-state index contributed by atoms with van der Waals surface area (Å²) < 4.78 is 5.32. The van der Waals surface area contributed by atoms with Crippen LogP contribution < -0.4 is 15.0 Å². The van der Waals surface area contributed by atoms with Crippen LogP contribution in [-0.4, -0.2) is 17.8 Å². The molecule has 7 heteroatoms. The summed E-state index contributed by atoms with van der Waals surface area (Å²) in [6.45, 7) is 0. The average molecular weight is 469 g/mol. The molecule has 0 atom stereocenters. The molecule has 4 aromatic carbocycles. The number of amides is 2. The molecule has 1 N–H and O–H groups in total. The molecule has 6 nitrogen and oxygen atoms in total. The summed E-state index contributed by atoms with van der Waals surface area (Å²) in [4.78, 5) is 39.5. The summed E-state index contributed by atoms with van der Waals surface area (Å²) in [5, 5.41) is 4.38. The monoisotopic (exact) mass is 468 g/mol. The van der Waals surface area contributed by atoms with Crippen LogP contribution in [0.1, 0.15) is 10.4 Å². The van der Waals surface area contributed by atoms with E-state index in [0.717, 1.165) is 15.7 Å². The molecule has 5 rings (SSSR count). The maximum absolute atomic E-state index is 13.2. The summed E-state index contributed by atoms with van der Waals surface area (Å²) in [5.41, 5.74) is 1.26. The third-order valence-corrected chi connectivity index (χ3v) is 5.73. The molecule has 0 bridgehead atoms. The highest BCUT2D eigenvalue weighted by molar-refractivity contribution is 6.53. The van der Waals surface area contributed by atoms with Gasteiger partial charge in [-0.05, 0) is 47.9 Å². The standard InChI is InChI=1S/C27H17ClN2O4/c28-23-24(26(32)30(25(23)31)22-12-6-8-17-7-4-5-11-21(17)22)29-19-15-13-18(14-16-19)27(33)34-20-9-2-1-3-10-20/h1-16,29H. The topological polar surface area (TPSA) is 75.7 Å². The van der Waals surface area contributed by atoms with E-state index in [0.29, 0.717) is 22.7 Å². The number of ether oxygens (including phenoxy) is 1. The summed E-state index contributed by atoms with van der Waals surface area (Å²) in [6, 6.07) is 28.0. The molecule has 2 amide bonds. The Labute approximate surface area is 200 Å². The lowest BCUT2D eigenvalue weighted by molar-refractivity contribution is -0.120. The number of hydrogen-bond donors (Lipinski definition) is 1. The molecule has 0 aromatic heterocycles. The average Bonchev–Trinajstić information content (AvgIpc) is 3.07. The predicted octanol–water partition coefficient (Wildman–Crippen LogP) is 5.49. The molecule has 0 saturated heterocycles. The van der Waals surface area contributed by atoms with E-state index in [4.69, 9.17) is 16.3 Å². The van der Waals surface area contributed by atoms with Crippen LogP contribution in [0.5, 0.6) is 5.75 Å². The molecular formula is C27H17ClN2O4. The smallest absolute Gasteiger partial charge is 0.343 e. The zero-order valence-electron chi connectivity index (χ0n) is 17.7. The fraction of sp³-hybridized carbons (Fsp3) is 0. The lowest BCUT2D eigenvalue weighted by atomic mass is 10.1. The minimum absolute atomic E-state index is 0.0285. The number of carbonyl (C=O) groups is 3. The fourth-order valence-electron chi connectivity index (χ4n) is 3.72. The number of rotatable bonds is 5. The van der Waals surface area contributed by atoms with Crippen LogP contribution in [0.4, 0.5) is 11.4 Å². The summed E-state index contributed by atoms with van der Waals surface area (Å²) in [7, 11) is 0. The maximum atomic E-state index is 13.2. The molecule has 0 fully saturated rings. The van der Waals surface area contributed by atoms with Gasteiger partial charge in [-0.1, -0.05) is 66.2 Å². The van der Waals surface area contributed by atoms with E-state index in [1.165, 1.54) is 0 Å². The highest BCUT2D eigenvalue weighted by atomic mass is 35.5. The second kappa shape index (κ2) is 8.84. The first kappa shape index (κ1) is 21.4. The van der Waals surface area contributed by atoms with Gasteiger partial charge in [-0.25, -0.2) is 9.69 Å². The largest absolute Gasteiger partial charge is 0.423 e. The normalized spacial score (nSPS) is 13.5. The van der Waals surface area contributed by atoms with Gasteiger partial charge in [0, 0.05) is 11.1 Å². The molecular weight excluding hydrogens is 452 g/mol. The van der Waals surface area contributed by atoms with Crippen LogP contribution in [0.15, 0.2) is 108 Å². The van der Waals surface area contributed by atoms with Crippen molar-refractivity contribution in [2.24, 2.45) is 0 Å². The van der Waals surface area contributed by atoms with Crippen molar-refractivity contribution in [3.05, 3.63) is 113 Å². The first-order valence-electron chi connectivity index (χ1n) is 10.4. The van der Waals surface area contributed by atoms with Gasteiger partial charge in [-0.2, -0.15) is 0 Å². The molecule has 0 radical (unpaired) electrons. The van der Waals surface area contributed by atoms with Gasteiger partial charge in [0.25, 0.3) is 11.8 Å². The Kier molecular flexibility index (Phi) is 5.57. The van der Waals surface area contributed by atoms with Crippen LogP contribution in [0.2, 0.25) is 0 Å². The SMILES string of the molecule is O=C(Oc1ccccc1)c1ccc(NC2=C(Cl)C(=O)N(c3cccc4ccccc34)C2=O)cc1. The Hall–Kier alpha value is -4.42. The van der Waals surface area contributed by atoms with Crippen molar-refractivity contribution < 1.29 is 19.1 Å². The van der Waals surface area contributed by atoms with Gasteiger partial charge < -0.3 is 10.1 Å². The van der Waals surface area contributed by atoms with Crippen LogP contribution in [0, 0.1) is 0 Å². The van der Waals surface area contributed by atoms with Crippen molar-refractivity contribution in [2.45, 2.75) is 0 Å². The van der Waals surface area contributed by atoms with Crippen LogP contribution in [0.3, 0.4) is 0 Å². The number of nitrogens with one attached hydrogen (secondary N) is 1. The first-order chi connectivity index (χ1) is 16.5. The summed E-state index contributed by atoms with van der Waals surface area (Å²) in [5.74, 6) is -1.23. The molecule has 0 aliphatic carbocycles. The van der Waals surface area contributed by atoms with Gasteiger partial charge in [0.05, 0.1) is 11.3 Å². The van der Waals surface area contributed by atoms with E-state index in [2.05, 4.69) is 5.32 Å². The number of nitrogens with zero attached hydrogens (tertiary/aromatic N) is 1. The fourth-order valence-corrected chi connectivity index (χ4v) is 3.93. The second-order valence-corrected chi connectivity index (χ2v) is 7.92. The summed E-state index contributed by atoms with van der Waals surface area (Å²) >= 11 is 6.27. The minimum Gasteiger partial charge on any atom is -0.423 e. The number of halogens is 1. The van der Waals surface area contributed by atoms with Crippen molar-refractivity contribution in [3.8, 4) is 5.75 Å². The maximum Gasteiger partial charge on any atom is 0.343 e. The molecule has 4 aromatic rings. The molecule has 1 aliphatic rings. The highest BCUT2D eigenvalue weighted by Gasteiger charge is 2.39. The molecule has 1 heterocycles. The highest BCUT2D eigenvalue weighted by Crippen LogP contribution is 2.34. The van der Waals surface area contributed by atoms with E-state index < -0.39 is 17.8 Å². The Morgan fingerprint density at radius 1 is 0.765 bits per heavy atom. The van der Waals surface area contributed by atoms with Gasteiger partial charge in [0.15, 0.2) is 0 Å². The number of esters is 1. The quantitative estimate of drug-likeness (QED) is 0.238. The molecule has 1 aliphatic heterocycles. The molecule has 0 spiro atoms. The van der Waals surface area contributed by atoms with E-state index in [1.807, 2.05) is 36.4 Å². The van der Waals surface area contributed by atoms with Crippen molar-refractivity contribution in [2.75, 3.05) is 10.2 Å². The van der Waals surface area contributed by atoms with Crippen LogP contribution in [0.25, 0.3) is 10.8 Å². The number of hydrogen-bond acceptors (Lipinski definition) is 5. The molecule has 0 saturated carbocycles. The lowest BCUT2D eigenvalue weighted by Gasteiger charge is -2.17. The number of carbonyl (C=O) groups excluding carboxylic acids is 3. The van der Waals surface area contributed by atoms with Gasteiger partial charge in [0.2, 0.25) is 0 Å². The number of para-hydroxylation sites is 1. The van der Waals surface area contributed by atoms with Crippen LogP contribution >= 0.6 is 11.6 Å². The van der Waals surface area contributed by atoms with Gasteiger partial charge >= 0.3 is 5.97 Å². The molecule has 166 valence electrons. The Balaban J connectivity index is 1.36. The first-order valence-corrected chi connectivity index (χ1v) is 10.8. The van der Waals surface area contributed by atoms with E-state index in [9.17, 15) is 14.4 Å². The minimum atomic E-state index is -0.603. The lowest BCUT2D eigenvalue weighted by Crippen LogP contribution is -2.32. The predicted molar refractivity (Wildman–Crippen MR) is 131 cm³/mol. The Morgan fingerprint density at radius 2 is 1.44 bits per heavy atom. The second-order valence-electron chi connectivity index (χ2n) is 7.54. The van der Waals surface area contributed by atoms with Crippen molar-refractivity contribution in [1.29, 1.82) is 0 Å². The summed E-state index contributed by atoms with van der Waals surface area (Å²) in [6.07, 6.45) is 0. The Morgan fingerprint density at radius 3 is 2.21 bits per heavy atom. The van der Waals surface area contributed by atoms with Gasteiger partial charge in [-0.3, -0.25) is 9.59 Å². The zero-order valence-corrected chi connectivity index (χ0v) is 18.5. The molecule has 0 unspecified atom stereocenters. The van der Waals surface area contributed by atoms with Crippen LogP contribution in [-0.2, 0) is 9.59 Å². The Bertz CT molecular complexity index is 1460. The zero-order chi connectivity index (χ0) is 23.7. The molecule has 34 heavy (non-hydrogen) atoms. The van der Waals surface area contributed by atoms with Crippen molar-refractivity contribution in [3.63, 3.8) is 0 Å². The third kappa shape index (κ3) is 3.91. The number of anilines is 2. The van der Waals surface area contributed by atoms with E-state index in [-0.39, 0.29) is 10.7 Å². The van der Waals surface area contributed by atoms with Gasteiger partial charge in [-0.15, -0.1) is 0 Å². The van der Waals surface area contributed by atoms with Crippen molar-refractivity contribution in [1.82, 2.24) is 0 Å². The van der Waals surface area contributed by atoms with E-state index >= 15 is 0 Å². The van der Waals surface area contributed by atoms with Gasteiger partial charge in [0.1, 0.15) is 16.5 Å².